The van der Waals surface area contributed by atoms with Crippen LogP contribution in [0.15, 0.2) is 24.3 Å². The van der Waals surface area contributed by atoms with Crippen LogP contribution in [0.2, 0.25) is 0 Å². The number of aryl methyl sites for hydroxylation is 1. The van der Waals surface area contributed by atoms with E-state index in [9.17, 15) is 5.11 Å². The van der Waals surface area contributed by atoms with E-state index < -0.39 is 5.60 Å². The number of benzene rings is 1. The zero-order valence-corrected chi connectivity index (χ0v) is 9.83. The van der Waals surface area contributed by atoms with E-state index in [1.165, 1.54) is 11.1 Å². The molecule has 1 aliphatic carbocycles. The molecule has 15 heavy (non-hydrogen) atoms. The van der Waals surface area contributed by atoms with Gasteiger partial charge in [0.2, 0.25) is 0 Å². The summed E-state index contributed by atoms with van der Waals surface area (Å²) in [5.74, 6) is 1.03. The van der Waals surface area contributed by atoms with Crippen LogP contribution in [-0.4, -0.2) is 10.7 Å². The number of hydrogen-bond acceptors (Lipinski definition) is 1. The van der Waals surface area contributed by atoms with E-state index >= 15 is 0 Å². The van der Waals surface area contributed by atoms with Crippen LogP contribution in [0.25, 0.3) is 0 Å². The Morgan fingerprint density at radius 3 is 2.27 bits per heavy atom. The highest BCUT2D eigenvalue weighted by Gasteiger charge is 2.47. The predicted octanol–water partition coefficient (Wildman–Crippen LogP) is 3.12. The molecule has 0 radical (unpaired) electrons. The summed E-state index contributed by atoms with van der Waals surface area (Å²) in [5.41, 5.74) is 2.26. The molecule has 0 heterocycles. The Balaban J connectivity index is 2.07. The molecule has 1 saturated carbocycles. The summed E-state index contributed by atoms with van der Waals surface area (Å²) >= 11 is 0. The Hall–Kier alpha value is -0.820. The van der Waals surface area contributed by atoms with Gasteiger partial charge >= 0.3 is 0 Å². The van der Waals surface area contributed by atoms with E-state index in [0.29, 0.717) is 11.8 Å². The minimum Gasteiger partial charge on any atom is -0.390 e. The van der Waals surface area contributed by atoms with Crippen molar-refractivity contribution >= 4 is 0 Å². The van der Waals surface area contributed by atoms with Gasteiger partial charge in [-0.05, 0) is 49.7 Å². The first-order valence-corrected chi connectivity index (χ1v) is 5.83. The smallest absolute Gasteiger partial charge is 0.0625 e. The molecule has 0 aromatic heterocycles. The summed E-state index contributed by atoms with van der Waals surface area (Å²) in [7, 11) is 0. The second kappa shape index (κ2) is 3.64. The van der Waals surface area contributed by atoms with E-state index in [1.54, 1.807) is 0 Å². The molecular weight excluding hydrogens is 184 g/mol. The maximum absolute atomic E-state index is 9.89. The second-order valence-corrected chi connectivity index (χ2v) is 5.20. The van der Waals surface area contributed by atoms with Crippen LogP contribution < -0.4 is 0 Å². The van der Waals surface area contributed by atoms with Gasteiger partial charge in [0.25, 0.3) is 0 Å². The molecule has 0 spiro atoms. The maximum Gasteiger partial charge on any atom is 0.0625 e. The summed E-state index contributed by atoms with van der Waals surface area (Å²) < 4.78 is 0. The fourth-order valence-electron chi connectivity index (χ4n) is 2.34. The summed E-state index contributed by atoms with van der Waals surface area (Å²) in [6.07, 6.45) is 2.23. The van der Waals surface area contributed by atoms with Crippen molar-refractivity contribution in [1.82, 2.24) is 0 Å². The fraction of sp³-hybridized carbons (Fsp3) is 0.571. The molecule has 0 saturated heterocycles. The lowest BCUT2D eigenvalue weighted by Crippen LogP contribution is -2.22. The third kappa shape index (κ3) is 2.23. The Bertz CT molecular complexity index is 331. The van der Waals surface area contributed by atoms with Crippen LogP contribution >= 0.6 is 0 Å². The van der Waals surface area contributed by atoms with Crippen LogP contribution in [0.3, 0.4) is 0 Å². The van der Waals surface area contributed by atoms with Gasteiger partial charge in [0, 0.05) is 0 Å². The molecule has 1 aromatic rings. The van der Waals surface area contributed by atoms with Gasteiger partial charge in [0.05, 0.1) is 5.60 Å². The first-order chi connectivity index (χ1) is 7.02. The van der Waals surface area contributed by atoms with Crippen molar-refractivity contribution in [3.8, 4) is 0 Å². The molecule has 0 amide bonds. The average Bonchev–Trinajstić information content (AvgIpc) is 2.97. The first-order valence-electron chi connectivity index (χ1n) is 5.83. The molecule has 1 heteroatoms. The van der Waals surface area contributed by atoms with Crippen LogP contribution in [0.1, 0.15) is 44.2 Å². The summed E-state index contributed by atoms with van der Waals surface area (Å²) in [6.45, 7) is 6.00. The number of aliphatic hydroxyl groups is 1. The number of rotatable bonds is 3. The minimum atomic E-state index is -0.520. The van der Waals surface area contributed by atoms with E-state index in [0.717, 1.165) is 12.8 Å². The topological polar surface area (TPSA) is 20.2 Å². The van der Waals surface area contributed by atoms with E-state index in [-0.39, 0.29) is 0 Å². The molecule has 1 nitrogen and oxygen atoms in total. The molecule has 1 aromatic carbocycles. The minimum absolute atomic E-state index is 0.449. The van der Waals surface area contributed by atoms with Crippen LogP contribution in [-0.2, 0) is 6.42 Å². The fourth-order valence-corrected chi connectivity index (χ4v) is 2.34. The zero-order valence-electron chi connectivity index (χ0n) is 9.83. The monoisotopic (exact) mass is 204 g/mol. The predicted molar refractivity (Wildman–Crippen MR) is 63.0 cm³/mol. The third-order valence-corrected chi connectivity index (χ3v) is 3.51. The highest BCUT2D eigenvalue weighted by Crippen LogP contribution is 2.53. The van der Waals surface area contributed by atoms with Crippen molar-refractivity contribution in [2.75, 3.05) is 0 Å². The van der Waals surface area contributed by atoms with Gasteiger partial charge in [0.15, 0.2) is 0 Å². The highest BCUT2D eigenvalue weighted by molar-refractivity contribution is 5.30. The van der Waals surface area contributed by atoms with Crippen molar-refractivity contribution < 1.29 is 5.11 Å². The summed E-state index contributed by atoms with van der Waals surface area (Å²) in [6, 6.07) is 8.84. The SMILES string of the molecule is CCc1ccc([C@H]2C[C@@H]2C(C)(C)O)cc1. The summed E-state index contributed by atoms with van der Waals surface area (Å²) in [5, 5.41) is 9.89. The maximum atomic E-state index is 9.89. The van der Waals surface area contributed by atoms with Gasteiger partial charge in [-0.3, -0.25) is 0 Å². The Morgan fingerprint density at radius 1 is 1.27 bits per heavy atom. The summed E-state index contributed by atoms with van der Waals surface area (Å²) in [4.78, 5) is 0. The van der Waals surface area contributed by atoms with Gasteiger partial charge in [-0.2, -0.15) is 0 Å². The molecule has 0 unspecified atom stereocenters. The molecule has 0 aliphatic heterocycles. The largest absolute Gasteiger partial charge is 0.390 e. The molecule has 1 N–H and O–H groups in total. The quantitative estimate of drug-likeness (QED) is 0.802. The first kappa shape index (κ1) is 10.7. The normalized spacial score (nSPS) is 25.3. The molecule has 1 aliphatic rings. The van der Waals surface area contributed by atoms with E-state index in [2.05, 4.69) is 31.2 Å². The molecule has 1 fully saturated rings. The lowest BCUT2D eigenvalue weighted by atomic mass is 9.98. The van der Waals surface area contributed by atoms with Gasteiger partial charge in [-0.25, -0.2) is 0 Å². The van der Waals surface area contributed by atoms with E-state index in [4.69, 9.17) is 0 Å². The van der Waals surface area contributed by atoms with Crippen molar-refractivity contribution in [1.29, 1.82) is 0 Å². The van der Waals surface area contributed by atoms with Crippen LogP contribution in [0, 0.1) is 5.92 Å². The van der Waals surface area contributed by atoms with Gasteiger partial charge < -0.3 is 5.11 Å². The van der Waals surface area contributed by atoms with Gasteiger partial charge in [-0.1, -0.05) is 31.2 Å². The zero-order chi connectivity index (χ0) is 11.1. The standard InChI is InChI=1S/C14H20O/c1-4-10-5-7-11(8-6-10)12-9-13(12)14(2,3)15/h5-8,12-13,15H,4,9H2,1-3H3/t12-,13+/m1/s1. The second-order valence-electron chi connectivity index (χ2n) is 5.20. The van der Waals surface area contributed by atoms with Crippen LogP contribution in [0.4, 0.5) is 0 Å². The Kier molecular flexibility index (Phi) is 2.59. The number of hydrogen-bond donors (Lipinski definition) is 1. The van der Waals surface area contributed by atoms with E-state index in [1.807, 2.05) is 13.8 Å². The van der Waals surface area contributed by atoms with Crippen molar-refractivity contribution in [2.24, 2.45) is 5.92 Å². The van der Waals surface area contributed by atoms with Crippen molar-refractivity contribution in [2.45, 2.75) is 45.1 Å². The van der Waals surface area contributed by atoms with Crippen molar-refractivity contribution in [3.63, 3.8) is 0 Å². The van der Waals surface area contributed by atoms with Crippen molar-refractivity contribution in [3.05, 3.63) is 35.4 Å². The molecule has 0 bridgehead atoms. The molecule has 2 rings (SSSR count). The average molecular weight is 204 g/mol. The lowest BCUT2D eigenvalue weighted by molar-refractivity contribution is 0.0546. The van der Waals surface area contributed by atoms with Gasteiger partial charge in [-0.15, -0.1) is 0 Å². The Morgan fingerprint density at radius 2 is 1.87 bits per heavy atom. The lowest BCUT2D eigenvalue weighted by Gasteiger charge is -2.16. The van der Waals surface area contributed by atoms with Crippen LogP contribution in [0.5, 0.6) is 0 Å². The molecule has 82 valence electrons. The van der Waals surface area contributed by atoms with Gasteiger partial charge in [0.1, 0.15) is 0 Å². The highest BCUT2D eigenvalue weighted by atomic mass is 16.3. The Labute approximate surface area is 92.1 Å². The molecular formula is C14H20O. The molecule has 2 atom stereocenters. The third-order valence-electron chi connectivity index (χ3n) is 3.51.